The molecule has 0 aliphatic heterocycles. The fourth-order valence-electron chi connectivity index (χ4n) is 6.34. The molecule has 0 aliphatic rings. The largest absolute Gasteiger partial charge is 0.545 e. The average Bonchev–Trinajstić information content (AvgIpc) is 3.33. The Morgan fingerprint density at radius 1 is 0.456 bits per heavy atom. The molecule has 22 nitrogen and oxygen atoms in total. The van der Waals surface area contributed by atoms with E-state index >= 15 is 0 Å². The molecule has 8 aromatic rings. The molecule has 0 fully saturated rings. The van der Waals surface area contributed by atoms with Gasteiger partial charge in [0.1, 0.15) is 46.6 Å². The van der Waals surface area contributed by atoms with Crippen molar-refractivity contribution in [2.75, 3.05) is 14.2 Å². The van der Waals surface area contributed by atoms with E-state index in [2.05, 4.69) is 68.7 Å². The van der Waals surface area contributed by atoms with Gasteiger partial charge in [0.05, 0.1) is 35.5 Å². The Balaban J connectivity index is 0.000000525. The van der Waals surface area contributed by atoms with Gasteiger partial charge in [0.2, 0.25) is 21.1 Å². The van der Waals surface area contributed by atoms with Crippen LogP contribution in [0.3, 0.4) is 0 Å². The number of carboxylic acid groups (broad SMARTS) is 1. The van der Waals surface area contributed by atoms with Crippen LogP contribution in [0.25, 0.3) is 0 Å². The van der Waals surface area contributed by atoms with E-state index in [0.717, 1.165) is 29.4 Å². The summed E-state index contributed by atoms with van der Waals surface area (Å²) in [6.45, 7) is 6.93. The van der Waals surface area contributed by atoms with Crippen molar-refractivity contribution in [1.29, 1.82) is 0 Å². The topological polar surface area (TPSA) is 319 Å². The predicted octanol–water partition coefficient (Wildman–Crippen LogP) is 8.58. The van der Waals surface area contributed by atoms with Crippen molar-refractivity contribution in [2.24, 2.45) is 0 Å². The van der Waals surface area contributed by atoms with Crippen molar-refractivity contribution < 1.29 is 46.4 Å². The third-order valence-corrected chi connectivity index (χ3v) is 12.6. The van der Waals surface area contributed by atoms with Crippen LogP contribution in [0.15, 0.2) is 107 Å². The third kappa shape index (κ3) is 22.6. The number of methoxy groups -OCH3 is 1. The zero-order valence-electron chi connectivity index (χ0n) is 40.9. The molecule has 79 heavy (non-hydrogen) atoms. The van der Waals surface area contributed by atoms with Crippen LogP contribution in [0.1, 0.15) is 113 Å². The highest BCUT2D eigenvalue weighted by molar-refractivity contribution is 7.86. The summed E-state index contributed by atoms with van der Waals surface area (Å²) < 4.78 is 62.7. The number of aromatic carboxylic acids is 1. The maximum absolute atomic E-state index is 11.5. The number of hydrogen-bond donors (Lipinski definition) is 1. The van der Waals surface area contributed by atoms with Crippen molar-refractivity contribution in [1.82, 2.24) is 59.8 Å². The van der Waals surface area contributed by atoms with E-state index in [0.29, 0.717) is 77.8 Å². The van der Waals surface area contributed by atoms with Gasteiger partial charge >= 0.3 is 5.97 Å². The number of nitrogens with zero attached hydrogens (tertiary/aromatic N) is 12. The number of hydrogen-bond acceptors (Lipinski definition) is 21. The standard InChI is InChI=1S/C13H12ClN3O2.C12H12ClN3O3S.C12H10ClN3O2.C11H10ClN3O3S.3CH4.H2/c1-8-15-11(17-13(14)16-8)7-9-3-5-10(6-4-9)12(18)19-2;1-8-14-11(16-12(13)15-8)7-9-3-5-10(6-4-9)20(17,18)19-2;1-7-14-10(16-12(13)15-7)6-8-2-4-9(5-3-8)11(17)18;1-7-13-10(15-11(12)14-7)6-8-2-4-9(5-3-8)19(16,17)18;;;;/h3-6H,7H2,1-2H3;3-6H,7H2,1-2H3;2-5H,6H2,1H3,(H,17,18);2-5H,6H2,1H3,(H,16,17,18);3*1H4;1H/p-1/i;;;;;;;1+1. The van der Waals surface area contributed by atoms with Gasteiger partial charge in [-0.1, -0.05) is 82.9 Å². The lowest BCUT2D eigenvalue weighted by molar-refractivity contribution is -0.255. The van der Waals surface area contributed by atoms with Gasteiger partial charge in [0, 0.05) is 27.1 Å². The maximum Gasteiger partial charge on any atom is 0.337 e. The van der Waals surface area contributed by atoms with E-state index in [-0.39, 0.29) is 66.2 Å². The van der Waals surface area contributed by atoms with Gasteiger partial charge < -0.3 is 14.6 Å². The van der Waals surface area contributed by atoms with Gasteiger partial charge in [0.15, 0.2) is 0 Å². The van der Waals surface area contributed by atoms with E-state index in [1.54, 1.807) is 76.2 Å². The highest BCUT2D eigenvalue weighted by atomic mass is 35.5. The first kappa shape index (κ1) is 67.9. The van der Waals surface area contributed by atoms with E-state index in [1.807, 2.05) is 12.1 Å². The lowest BCUT2D eigenvalue weighted by Crippen LogP contribution is -2.22. The van der Waals surface area contributed by atoms with Gasteiger partial charge in [-0.25, -0.2) is 64.6 Å². The van der Waals surface area contributed by atoms with Crippen LogP contribution in [-0.2, 0) is 54.8 Å². The van der Waals surface area contributed by atoms with E-state index in [4.69, 9.17) is 51.0 Å². The lowest BCUT2D eigenvalue weighted by Gasteiger charge is -2.05. The number of carbonyl (C=O) groups excluding carboxylic acids is 2. The van der Waals surface area contributed by atoms with Crippen LogP contribution in [-0.4, -0.2) is 107 Å². The van der Waals surface area contributed by atoms with Gasteiger partial charge in [0.25, 0.3) is 20.2 Å². The minimum Gasteiger partial charge on any atom is -0.545 e. The van der Waals surface area contributed by atoms with Gasteiger partial charge in [-0.3, -0.25) is 8.74 Å². The number of aryl methyl sites for hydroxylation is 4. The molecular formula is C51H57Cl4N12O10S2-. The summed E-state index contributed by atoms with van der Waals surface area (Å²) in [7, 11) is -5.35. The molecule has 4 aromatic heterocycles. The molecule has 0 bridgehead atoms. The highest BCUT2D eigenvalue weighted by Gasteiger charge is 2.14. The second-order valence-corrected chi connectivity index (χ2v) is 20.0. The van der Waals surface area contributed by atoms with Crippen molar-refractivity contribution in [3.8, 4) is 0 Å². The van der Waals surface area contributed by atoms with E-state index in [9.17, 15) is 31.5 Å². The molecule has 0 spiro atoms. The molecule has 0 unspecified atom stereocenters. The molecule has 4 aromatic carbocycles. The van der Waals surface area contributed by atoms with Crippen LogP contribution < -0.4 is 5.11 Å². The Kier molecular flexibility index (Phi) is 27.0. The SMILES string of the molecule is C.C.C.COC(=O)c1ccc(Cc2nc(C)nc(Cl)n2)cc1.COS(=O)(=O)c1ccc(Cc2nc(C)nc(Cl)n2)cc1.Cc1nc(Cl)nc(Cc2ccc(C(=O)[O-])cc2)n1.Cc1nc(Cl)nc(Cc2ccc(S(=O)(=O)O)cc2)n1.[2HH]. The second kappa shape index (κ2) is 31.4. The Morgan fingerprint density at radius 3 is 0.962 bits per heavy atom. The maximum atomic E-state index is 11.5. The van der Waals surface area contributed by atoms with Crippen molar-refractivity contribution in [3.63, 3.8) is 0 Å². The lowest BCUT2D eigenvalue weighted by atomic mass is 10.1. The minimum atomic E-state index is -4.17. The molecular weight excluding hydrogens is 1150 g/mol. The van der Waals surface area contributed by atoms with Crippen LogP contribution in [0.4, 0.5) is 0 Å². The monoisotopic (exact) mass is 1200 g/mol. The van der Waals surface area contributed by atoms with Crippen LogP contribution >= 0.6 is 46.4 Å². The quantitative estimate of drug-likeness (QED) is 0.0641. The van der Waals surface area contributed by atoms with Gasteiger partial charge in [-0.15, -0.1) is 0 Å². The summed E-state index contributed by atoms with van der Waals surface area (Å²) in [5.41, 5.74) is 4.19. The number of halogens is 4. The molecule has 0 saturated carbocycles. The molecule has 0 saturated heterocycles. The highest BCUT2D eigenvalue weighted by Crippen LogP contribution is 2.17. The molecule has 0 radical (unpaired) electrons. The number of benzene rings is 4. The fraction of sp³-hybridized carbons (Fsp3) is 0.255. The summed E-state index contributed by atoms with van der Waals surface area (Å²) in [4.78, 5) is 70.1. The molecule has 0 amide bonds. The first-order chi connectivity index (χ1) is 35.9. The zero-order chi connectivity index (χ0) is 55.7. The molecule has 1 N–H and O–H groups in total. The number of ether oxygens (including phenoxy) is 1. The Hall–Kier alpha value is -7.16. The van der Waals surface area contributed by atoms with Crippen LogP contribution in [0.2, 0.25) is 21.1 Å². The van der Waals surface area contributed by atoms with Crippen LogP contribution in [0, 0.1) is 27.7 Å². The number of carboxylic acids is 1. The summed E-state index contributed by atoms with van der Waals surface area (Å²) >= 11 is 23.0. The van der Waals surface area contributed by atoms with E-state index < -0.39 is 26.2 Å². The molecule has 4 heterocycles. The number of esters is 1. The molecule has 422 valence electrons. The zero-order valence-corrected chi connectivity index (χ0v) is 45.5. The predicted molar refractivity (Wildman–Crippen MR) is 297 cm³/mol. The average molecular weight is 1210 g/mol. The number of carbonyl (C=O) groups is 2. The Labute approximate surface area is 479 Å². The van der Waals surface area contributed by atoms with Gasteiger partial charge in [-0.05, 0) is 138 Å². The van der Waals surface area contributed by atoms with Crippen molar-refractivity contribution >= 4 is 78.6 Å². The molecule has 8 rings (SSSR count). The summed E-state index contributed by atoms with van der Waals surface area (Å²) in [6, 6.07) is 25.5. The first-order valence-corrected chi connectivity index (χ1v) is 26.2. The Bertz CT molecular complexity index is 3470. The normalized spacial score (nSPS) is 10.5. The second-order valence-electron chi connectivity index (χ2n) is 15.5. The molecule has 0 atom stereocenters. The first-order valence-electron chi connectivity index (χ1n) is 21.8. The molecule has 0 aliphatic carbocycles. The van der Waals surface area contributed by atoms with Crippen molar-refractivity contribution in [2.45, 2.75) is 85.4 Å². The smallest absolute Gasteiger partial charge is 0.337 e. The van der Waals surface area contributed by atoms with Crippen LogP contribution in [0.5, 0.6) is 0 Å². The summed E-state index contributed by atoms with van der Waals surface area (Å²) in [5.74, 6) is 2.82. The van der Waals surface area contributed by atoms with Crippen molar-refractivity contribution in [3.05, 3.63) is 198 Å². The molecule has 28 heteroatoms. The third-order valence-electron chi connectivity index (χ3n) is 9.73. The fourth-order valence-corrected chi connectivity index (χ4v) is 8.36. The Morgan fingerprint density at radius 2 is 0.722 bits per heavy atom. The summed E-state index contributed by atoms with van der Waals surface area (Å²) in [5, 5.41) is 11.2. The summed E-state index contributed by atoms with van der Waals surface area (Å²) in [6.07, 6.45) is 1.84. The van der Waals surface area contributed by atoms with E-state index in [1.165, 1.54) is 43.5 Å². The number of aromatic nitrogens is 12. The number of rotatable bonds is 13. The minimum absolute atomic E-state index is 0. The van der Waals surface area contributed by atoms with Gasteiger partial charge in [-0.2, -0.15) is 16.8 Å².